The molecule has 3 amide bonds. The van der Waals surface area contributed by atoms with Gasteiger partial charge in [-0.3, -0.25) is 4.79 Å². The number of hydrogen-bond acceptors (Lipinski definition) is 2. The van der Waals surface area contributed by atoms with Crippen LogP contribution < -0.4 is 10.6 Å². The molecule has 2 aromatic carbocycles. The van der Waals surface area contributed by atoms with Crippen molar-refractivity contribution in [3.05, 3.63) is 69.7 Å². The smallest absolute Gasteiger partial charge is 0.317 e. The Labute approximate surface area is 176 Å². The lowest BCUT2D eigenvalue weighted by Gasteiger charge is -2.27. The van der Waals surface area contributed by atoms with Gasteiger partial charge in [0.25, 0.3) is 0 Å². The molecule has 7 heteroatoms. The molecule has 0 saturated carbocycles. The minimum Gasteiger partial charge on any atom is -0.347 e. The summed E-state index contributed by atoms with van der Waals surface area (Å²) < 4.78 is 0. The number of halogens is 2. The quantitative estimate of drug-likeness (QED) is 0.687. The fourth-order valence-electron chi connectivity index (χ4n) is 2.72. The molecule has 0 bridgehead atoms. The molecule has 2 aromatic rings. The summed E-state index contributed by atoms with van der Waals surface area (Å²) in [6, 6.07) is 14.8. The Bertz CT molecular complexity index is 826. The molecule has 0 saturated heterocycles. The highest BCUT2D eigenvalue weighted by Crippen LogP contribution is 2.28. The van der Waals surface area contributed by atoms with E-state index >= 15 is 0 Å². The zero-order valence-corrected chi connectivity index (χ0v) is 17.8. The van der Waals surface area contributed by atoms with Crippen LogP contribution in [0.5, 0.6) is 0 Å². The lowest BCUT2D eigenvalue weighted by molar-refractivity contribution is -0.122. The predicted molar refractivity (Wildman–Crippen MR) is 114 cm³/mol. The van der Waals surface area contributed by atoms with Crippen molar-refractivity contribution in [2.24, 2.45) is 0 Å². The minimum absolute atomic E-state index is 0.165. The van der Waals surface area contributed by atoms with Crippen molar-refractivity contribution < 1.29 is 9.59 Å². The standard InChI is InChI=1S/C21H25Cl2N3O2/c1-21(2,16-9-10-17(22)18(23)13-16)25-19(27)11-12-24-20(28)26(3)14-15-7-5-4-6-8-15/h4-10,13H,11-12,14H2,1-3H3,(H,24,28)(H,25,27). The van der Waals surface area contributed by atoms with Gasteiger partial charge in [-0.05, 0) is 37.1 Å². The number of carbonyl (C=O) groups is 2. The van der Waals surface area contributed by atoms with Crippen LogP contribution in [0.25, 0.3) is 0 Å². The van der Waals surface area contributed by atoms with Crippen LogP contribution in [-0.2, 0) is 16.9 Å². The number of nitrogens with zero attached hydrogens (tertiary/aromatic N) is 1. The number of carbonyl (C=O) groups excluding carboxylic acids is 2. The second kappa shape index (κ2) is 9.80. The normalized spacial score (nSPS) is 11.0. The molecule has 0 radical (unpaired) electrons. The van der Waals surface area contributed by atoms with Gasteiger partial charge >= 0.3 is 6.03 Å². The van der Waals surface area contributed by atoms with Crippen LogP contribution in [-0.4, -0.2) is 30.4 Å². The summed E-state index contributed by atoms with van der Waals surface area (Å²) >= 11 is 12.0. The van der Waals surface area contributed by atoms with E-state index in [9.17, 15) is 9.59 Å². The number of hydrogen-bond donors (Lipinski definition) is 2. The molecule has 0 aromatic heterocycles. The maximum Gasteiger partial charge on any atom is 0.317 e. The molecule has 150 valence electrons. The van der Waals surface area contributed by atoms with Crippen molar-refractivity contribution >= 4 is 35.1 Å². The molecule has 0 spiro atoms. The van der Waals surface area contributed by atoms with Crippen molar-refractivity contribution in [3.63, 3.8) is 0 Å². The minimum atomic E-state index is -0.612. The molecule has 2 N–H and O–H groups in total. The van der Waals surface area contributed by atoms with Gasteiger partial charge in [-0.2, -0.15) is 0 Å². The zero-order valence-electron chi connectivity index (χ0n) is 16.3. The second-order valence-corrected chi connectivity index (χ2v) is 7.94. The lowest BCUT2D eigenvalue weighted by Crippen LogP contribution is -2.43. The van der Waals surface area contributed by atoms with Crippen molar-refractivity contribution in [1.82, 2.24) is 15.5 Å². The van der Waals surface area contributed by atoms with Crippen molar-refractivity contribution in [2.75, 3.05) is 13.6 Å². The topological polar surface area (TPSA) is 61.4 Å². The van der Waals surface area contributed by atoms with Crippen LogP contribution in [0.2, 0.25) is 10.0 Å². The first-order valence-electron chi connectivity index (χ1n) is 8.98. The monoisotopic (exact) mass is 421 g/mol. The molecule has 2 rings (SSSR count). The molecule has 0 heterocycles. The average molecular weight is 422 g/mol. The predicted octanol–water partition coefficient (Wildman–Crippen LogP) is 4.58. The van der Waals surface area contributed by atoms with Gasteiger partial charge in [0.05, 0.1) is 15.6 Å². The summed E-state index contributed by atoms with van der Waals surface area (Å²) in [5, 5.41) is 6.63. The third kappa shape index (κ3) is 6.43. The van der Waals surface area contributed by atoms with Gasteiger partial charge in [0, 0.05) is 26.6 Å². The van der Waals surface area contributed by atoms with Gasteiger partial charge in [0.1, 0.15) is 0 Å². The van der Waals surface area contributed by atoms with Crippen LogP contribution in [0.4, 0.5) is 4.79 Å². The molecular formula is C21H25Cl2N3O2. The molecular weight excluding hydrogens is 397 g/mol. The summed E-state index contributed by atoms with van der Waals surface area (Å²) in [5.74, 6) is -0.165. The summed E-state index contributed by atoms with van der Waals surface area (Å²) in [6.45, 7) is 4.53. The van der Waals surface area contributed by atoms with Crippen molar-refractivity contribution in [2.45, 2.75) is 32.4 Å². The van der Waals surface area contributed by atoms with Crippen molar-refractivity contribution in [3.8, 4) is 0 Å². The van der Waals surface area contributed by atoms with E-state index in [-0.39, 0.29) is 24.9 Å². The summed E-state index contributed by atoms with van der Waals surface area (Å²) in [6.07, 6.45) is 0.176. The fourth-order valence-corrected chi connectivity index (χ4v) is 3.01. The Morgan fingerprint density at radius 3 is 2.36 bits per heavy atom. The molecule has 0 fully saturated rings. The number of nitrogens with one attached hydrogen (secondary N) is 2. The van der Waals surface area contributed by atoms with E-state index in [1.165, 1.54) is 0 Å². The van der Waals surface area contributed by atoms with E-state index in [2.05, 4.69) is 10.6 Å². The maximum absolute atomic E-state index is 12.3. The SMILES string of the molecule is CN(Cc1ccccc1)C(=O)NCCC(=O)NC(C)(C)c1ccc(Cl)c(Cl)c1. The van der Waals surface area contributed by atoms with Gasteiger partial charge in [0.15, 0.2) is 0 Å². The molecule has 0 aliphatic heterocycles. The number of rotatable bonds is 7. The van der Waals surface area contributed by atoms with E-state index < -0.39 is 5.54 Å². The summed E-state index contributed by atoms with van der Waals surface area (Å²) in [5.41, 5.74) is 1.28. The van der Waals surface area contributed by atoms with E-state index in [1.54, 1.807) is 24.1 Å². The summed E-state index contributed by atoms with van der Waals surface area (Å²) in [4.78, 5) is 26.0. The van der Waals surface area contributed by atoms with Gasteiger partial charge in [-0.15, -0.1) is 0 Å². The highest BCUT2D eigenvalue weighted by Gasteiger charge is 2.23. The first-order valence-corrected chi connectivity index (χ1v) is 9.74. The molecule has 5 nitrogen and oxygen atoms in total. The molecule has 0 aliphatic carbocycles. The maximum atomic E-state index is 12.3. The van der Waals surface area contributed by atoms with Crippen LogP contribution in [0.15, 0.2) is 48.5 Å². The average Bonchev–Trinajstić information content (AvgIpc) is 2.64. The van der Waals surface area contributed by atoms with Crippen LogP contribution >= 0.6 is 23.2 Å². The fraction of sp³-hybridized carbons (Fsp3) is 0.333. The number of amides is 3. The lowest BCUT2D eigenvalue weighted by atomic mass is 9.94. The Kier molecular flexibility index (Phi) is 7.72. The van der Waals surface area contributed by atoms with Gasteiger partial charge < -0.3 is 15.5 Å². The third-order valence-corrected chi connectivity index (χ3v) is 5.07. The molecule has 0 aliphatic rings. The third-order valence-electron chi connectivity index (χ3n) is 4.33. The molecule has 0 unspecified atom stereocenters. The molecule has 28 heavy (non-hydrogen) atoms. The van der Waals surface area contributed by atoms with E-state index in [0.717, 1.165) is 11.1 Å². The van der Waals surface area contributed by atoms with Crippen LogP contribution in [0.1, 0.15) is 31.4 Å². The Morgan fingerprint density at radius 1 is 1.04 bits per heavy atom. The Morgan fingerprint density at radius 2 is 1.71 bits per heavy atom. The highest BCUT2D eigenvalue weighted by molar-refractivity contribution is 6.42. The first kappa shape index (κ1) is 22.1. The first-order chi connectivity index (χ1) is 13.2. The van der Waals surface area contributed by atoms with Crippen LogP contribution in [0.3, 0.4) is 0 Å². The van der Waals surface area contributed by atoms with Crippen LogP contribution in [0, 0.1) is 0 Å². The number of urea groups is 1. The Hall–Kier alpha value is -2.24. The van der Waals surface area contributed by atoms with Crippen molar-refractivity contribution in [1.29, 1.82) is 0 Å². The van der Waals surface area contributed by atoms with Gasteiger partial charge in [-0.1, -0.05) is 59.6 Å². The largest absolute Gasteiger partial charge is 0.347 e. The van der Waals surface area contributed by atoms with Gasteiger partial charge in [0.2, 0.25) is 5.91 Å². The Balaban J connectivity index is 1.79. The van der Waals surface area contributed by atoms with E-state index in [4.69, 9.17) is 23.2 Å². The zero-order chi connectivity index (χ0) is 20.7. The number of benzene rings is 2. The highest BCUT2D eigenvalue weighted by atomic mass is 35.5. The van der Waals surface area contributed by atoms with Gasteiger partial charge in [-0.25, -0.2) is 4.79 Å². The summed E-state index contributed by atoms with van der Waals surface area (Å²) in [7, 11) is 1.72. The molecule has 0 atom stereocenters. The van der Waals surface area contributed by atoms with E-state index in [0.29, 0.717) is 16.6 Å². The second-order valence-electron chi connectivity index (χ2n) is 7.13. The van der Waals surface area contributed by atoms with E-state index in [1.807, 2.05) is 50.2 Å².